The Morgan fingerprint density at radius 3 is 2.07 bits per heavy atom. The summed E-state index contributed by atoms with van der Waals surface area (Å²) in [4.78, 5) is 0. The first-order chi connectivity index (χ1) is 13.8. The van der Waals surface area contributed by atoms with Crippen molar-refractivity contribution in [3.8, 4) is 5.75 Å². The van der Waals surface area contributed by atoms with Crippen molar-refractivity contribution in [1.29, 1.82) is 0 Å². The van der Waals surface area contributed by atoms with Crippen LogP contribution in [0, 0.1) is 0 Å². The molecule has 2 heteroatoms. The SMILES string of the molecule is COc1ccc(/C=C/C[C@@H]2CCC(c3ccccc3)(c3ccccc3)O2)cc1. The van der Waals surface area contributed by atoms with Gasteiger partial charge in [-0.3, -0.25) is 0 Å². The molecule has 0 spiro atoms. The summed E-state index contributed by atoms with van der Waals surface area (Å²) in [5, 5.41) is 0. The summed E-state index contributed by atoms with van der Waals surface area (Å²) >= 11 is 0. The van der Waals surface area contributed by atoms with Gasteiger partial charge in [-0.2, -0.15) is 0 Å². The molecule has 1 aliphatic rings. The minimum Gasteiger partial charge on any atom is -0.497 e. The number of rotatable bonds is 6. The molecule has 0 radical (unpaired) electrons. The van der Waals surface area contributed by atoms with Crippen LogP contribution < -0.4 is 4.74 Å². The lowest BCUT2D eigenvalue weighted by Gasteiger charge is -2.31. The molecule has 0 aromatic heterocycles. The van der Waals surface area contributed by atoms with Crippen LogP contribution in [0.4, 0.5) is 0 Å². The number of ether oxygens (including phenoxy) is 2. The van der Waals surface area contributed by atoms with Crippen molar-refractivity contribution in [3.05, 3.63) is 108 Å². The fourth-order valence-corrected chi connectivity index (χ4v) is 4.01. The summed E-state index contributed by atoms with van der Waals surface area (Å²) in [6.45, 7) is 0. The number of hydrogen-bond donors (Lipinski definition) is 0. The summed E-state index contributed by atoms with van der Waals surface area (Å²) in [5.41, 5.74) is 3.31. The molecule has 0 bridgehead atoms. The maximum absolute atomic E-state index is 6.72. The van der Waals surface area contributed by atoms with E-state index in [4.69, 9.17) is 9.47 Å². The van der Waals surface area contributed by atoms with Gasteiger partial charge in [0.1, 0.15) is 11.4 Å². The zero-order valence-electron chi connectivity index (χ0n) is 16.3. The van der Waals surface area contributed by atoms with Gasteiger partial charge in [-0.1, -0.05) is 84.9 Å². The van der Waals surface area contributed by atoms with Gasteiger partial charge in [0.15, 0.2) is 0 Å². The Morgan fingerprint density at radius 2 is 1.50 bits per heavy atom. The molecular formula is C26H26O2. The minimum atomic E-state index is -0.346. The lowest BCUT2D eigenvalue weighted by atomic mass is 9.84. The second-order valence-corrected chi connectivity index (χ2v) is 7.25. The molecule has 142 valence electrons. The minimum absolute atomic E-state index is 0.218. The van der Waals surface area contributed by atoms with E-state index in [9.17, 15) is 0 Å². The molecule has 4 rings (SSSR count). The average Bonchev–Trinajstić information content (AvgIpc) is 3.21. The molecule has 0 aliphatic carbocycles. The second-order valence-electron chi connectivity index (χ2n) is 7.25. The number of hydrogen-bond acceptors (Lipinski definition) is 2. The Labute approximate surface area is 167 Å². The van der Waals surface area contributed by atoms with Gasteiger partial charge < -0.3 is 9.47 Å². The van der Waals surface area contributed by atoms with E-state index < -0.39 is 0 Å². The van der Waals surface area contributed by atoms with Crippen molar-refractivity contribution in [1.82, 2.24) is 0 Å². The van der Waals surface area contributed by atoms with Crippen LogP contribution in [-0.4, -0.2) is 13.2 Å². The van der Waals surface area contributed by atoms with Gasteiger partial charge in [-0.05, 0) is 48.1 Å². The third kappa shape index (κ3) is 3.88. The van der Waals surface area contributed by atoms with Crippen LogP contribution in [0.25, 0.3) is 6.08 Å². The van der Waals surface area contributed by atoms with Gasteiger partial charge in [-0.25, -0.2) is 0 Å². The van der Waals surface area contributed by atoms with Crippen molar-refractivity contribution >= 4 is 6.08 Å². The Bertz CT molecular complexity index is 859. The highest BCUT2D eigenvalue weighted by Crippen LogP contribution is 2.45. The van der Waals surface area contributed by atoms with E-state index in [2.05, 4.69) is 84.9 Å². The molecule has 0 amide bonds. The van der Waals surface area contributed by atoms with E-state index in [0.29, 0.717) is 0 Å². The van der Waals surface area contributed by atoms with Crippen LogP contribution in [0.2, 0.25) is 0 Å². The van der Waals surface area contributed by atoms with E-state index in [0.717, 1.165) is 25.0 Å². The fraction of sp³-hybridized carbons (Fsp3) is 0.231. The van der Waals surface area contributed by atoms with E-state index in [1.807, 2.05) is 12.1 Å². The second kappa shape index (κ2) is 8.45. The summed E-state index contributed by atoms with van der Waals surface area (Å²) in [7, 11) is 1.69. The highest BCUT2D eigenvalue weighted by Gasteiger charge is 2.42. The lowest BCUT2D eigenvalue weighted by molar-refractivity contribution is -0.0148. The number of methoxy groups -OCH3 is 1. The van der Waals surface area contributed by atoms with Crippen LogP contribution in [0.5, 0.6) is 5.75 Å². The maximum Gasteiger partial charge on any atom is 0.119 e. The van der Waals surface area contributed by atoms with Crippen molar-refractivity contribution in [3.63, 3.8) is 0 Å². The van der Waals surface area contributed by atoms with Crippen LogP contribution >= 0.6 is 0 Å². The highest BCUT2D eigenvalue weighted by molar-refractivity contribution is 5.50. The molecule has 1 aliphatic heterocycles. The lowest BCUT2D eigenvalue weighted by Crippen LogP contribution is -2.28. The molecule has 28 heavy (non-hydrogen) atoms. The monoisotopic (exact) mass is 370 g/mol. The molecule has 3 aromatic carbocycles. The zero-order chi connectivity index (χ0) is 19.2. The Balaban J connectivity index is 1.50. The molecule has 1 fully saturated rings. The molecule has 1 atom stereocenters. The van der Waals surface area contributed by atoms with E-state index in [1.54, 1.807) is 7.11 Å². The average molecular weight is 370 g/mol. The standard InChI is InChI=1S/C26H26O2/c1-27-24-17-15-21(16-18-24)9-8-14-25-19-20-26(28-25,22-10-4-2-5-11-22)23-12-6-3-7-13-23/h2-13,15-18,25H,14,19-20H2,1H3/b9-8+/t25-/m1/s1. The predicted octanol–water partition coefficient (Wildman–Crippen LogP) is 6.22. The molecular weight excluding hydrogens is 344 g/mol. The van der Waals surface area contributed by atoms with Crippen molar-refractivity contribution < 1.29 is 9.47 Å². The fourth-order valence-electron chi connectivity index (χ4n) is 4.01. The van der Waals surface area contributed by atoms with Crippen molar-refractivity contribution in [2.24, 2.45) is 0 Å². The highest BCUT2D eigenvalue weighted by atomic mass is 16.5. The van der Waals surface area contributed by atoms with Gasteiger partial charge in [0.2, 0.25) is 0 Å². The van der Waals surface area contributed by atoms with Crippen LogP contribution in [0.1, 0.15) is 36.0 Å². The van der Waals surface area contributed by atoms with E-state index >= 15 is 0 Å². The van der Waals surface area contributed by atoms with Crippen LogP contribution in [0.3, 0.4) is 0 Å². The third-order valence-electron chi connectivity index (χ3n) is 5.49. The van der Waals surface area contributed by atoms with Crippen molar-refractivity contribution in [2.75, 3.05) is 7.11 Å². The first-order valence-corrected chi connectivity index (χ1v) is 9.90. The van der Waals surface area contributed by atoms with Crippen LogP contribution in [-0.2, 0) is 10.3 Å². The van der Waals surface area contributed by atoms with Gasteiger partial charge in [-0.15, -0.1) is 0 Å². The van der Waals surface area contributed by atoms with Gasteiger partial charge in [0.25, 0.3) is 0 Å². The summed E-state index contributed by atoms with van der Waals surface area (Å²) in [6, 6.07) is 29.4. The quantitative estimate of drug-likeness (QED) is 0.513. The molecule has 3 aromatic rings. The van der Waals surface area contributed by atoms with E-state index in [-0.39, 0.29) is 11.7 Å². The smallest absolute Gasteiger partial charge is 0.119 e. The van der Waals surface area contributed by atoms with Gasteiger partial charge in [0.05, 0.1) is 13.2 Å². The summed E-state index contributed by atoms with van der Waals surface area (Å²) in [5.74, 6) is 0.881. The van der Waals surface area contributed by atoms with Gasteiger partial charge in [0, 0.05) is 0 Å². The normalized spacial score (nSPS) is 18.4. The summed E-state index contributed by atoms with van der Waals surface area (Å²) < 4.78 is 11.9. The molecule has 0 N–H and O–H groups in total. The molecule has 0 saturated carbocycles. The van der Waals surface area contributed by atoms with E-state index in [1.165, 1.54) is 16.7 Å². The predicted molar refractivity (Wildman–Crippen MR) is 114 cm³/mol. The van der Waals surface area contributed by atoms with Crippen molar-refractivity contribution in [2.45, 2.75) is 31.0 Å². The number of benzene rings is 3. The molecule has 0 unspecified atom stereocenters. The molecule has 2 nitrogen and oxygen atoms in total. The van der Waals surface area contributed by atoms with Crippen LogP contribution in [0.15, 0.2) is 91.0 Å². The molecule has 1 saturated heterocycles. The van der Waals surface area contributed by atoms with Gasteiger partial charge >= 0.3 is 0 Å². The first-order valence-electron chi connectivity index (χ1n) is 9.90. The third-order valence-corrected chi connectivity index (χ3v) is 5.49. The Morgan fingerprint density at radius 1 is 0.893 bits per heavy atom. The molecule has 1 heterocycles. The zero-order valence-corrected chi connectivity index (χ0v) is 16.3. The topological polar surface area (TPSA) is 18.5 Å². The summed E-state index contributed by atoms with van der Waals surface area (Å²) in [6.07, 6.45) is 7.56. The Hall–Kier alpha value is -2.84. The maximum atomic E-state index is 6.72. The Kier molecular flexibility index (Phi) is 5.59. The largest absolute Gasteiger partial charge is 0.497 e. The first kappa shape index (κ1) is 18.5.